The van der Waals surface area contributed by atoms with Crippen molar-refractivity contribution in [3.63, 3.8) is 0 Å². The van der Waals surface area contributed by atoms with Crippen LogP contribution in [0, 0.1) is 12.7 Å². The maximum atomic E-state index is 13.4. The largest absolute Gasteiger partial charge is 0.370 e. The first-order chi connectivity index (χ1) is 10.6. The van der Waals surface area contributed by atoms with Gasteiger partial charge in [0.05, 0.1) is 25.3 Å². The maximum Gasteiger partial charge on any atom is 0.228 e. The molecule has 0 N–H and O–H groups in total. The third-order valence-corrected chi connectivity index (χ3v) is 3.80. The summed E-state index contributed by atoms with van der Waals surface area (Å²) in [6.45, 7) is 3.19. The van der Waals surface area contributed by atoms with E-state index in [2.05, 4.69) is 5.16 Å². The van der Waals surface area contributed by atoms with Gasteiger partial charge in [-0.1, -0.05) is 17.3 Å². The molecule has 6 heteroatoms. The number of benzene rings is 1. The molecule has 3 rings (SSSR count). The van der Waals surface area contributed by atoms with Gasteiger partial charge in [0, 0.05) is 12.6 Å². The fraction of sp³-hybridized carbons (Fsp3) is 0.375. The smallest absolute Gasteiger partial charge is 0.228 e. The van der Waals surface area contributed by atoms with E-state index in [1.165, 1.54) is 12.3 Å². The van der Waals surface area contributed by atoms with Gasteiger partial charge in [0.15, 0.2) is 0 Å². The van der Waals surface area contributed by atoms with Gasteiger partial charge < -0.3 is 14.2 Å². The van der Waals surface area contributed by atoms with Gasteiger partial charge in [0.2, 0.25) is 5.91 Å². The minimum Gasteiger partial charge on any atom is -0.370 e. The highest BCUT2D eigenvalue weighted by Crippen LogP contribution is 2.24. The molecule has 1 fully saturated rings. The summed E-state index contributed by atoms with van der Waals surface area (Å²) in [6.07, 6.45) is 1.44. The van der Waals surface area contributed by atoms with Crippen LogP contribution in [0.1, 0.15) is 22.9 Å². The van der Waals surface area contributed by atoms with Crippen LogP contribution in [0.5, 0.6) is 0 Å². The van der Waals surface area contributed by atoms with E-state index in [-0.39, 0.29) is 24.2 Å². The summed E-state index contributed by atoms with van der Waals surface area (Å²) in [5.41, 5.74) is 2.08. The third kappa shape index (κ3) is 3.17. The summed E-state index contributed by atoms with van der Waals surface area (Å²) >= 11 is 0. The van der Waals surface area contributed by atoms with Crippen LogP contribution >= 0.6 is 0 Å². The van der Waals surface area contributed by atoms with Crippen molar-refractivity contribution in [2.24, 2.45) is 0 Å². The van der Waals surface area contributed by atoms with Crippen molar-refractivity contribution in [2.45, 2.75) is 19.4 Å². The molecule has 1 amide bonds. The van der Waals surface area contributed by atoms with E-state index in [4.69, 9.17) is 9.26 Å². The number of nitrogens with zero attached hydrogens (tertiary/aromatic N) is 2. The van der Waals surface area contributed by atoms with Crippen LogP contribution in [0.15, 0.2) is 35.1 Å². The lowest BCUT2D eigenvalue weighted by molar-refractivity contribution is -0.138. The quantitative estimate of drug-likeness (QED) is 0.873. The number of aryl methyl sites for hydroxylation is 1. The Kier molecular flexibility index (Phi) is 4.20. The van der Waals surface area contributed by atoms with Crippen molar-refractivity contribution in [2.75, 3.05) is 19.7 Å². The van der Waals surface area contributed by atoms with E-state index in [1.54, 1.807) is 30.0 Å². The van der Waals surface area contributed by atoms with Crippen molar-refractivity contribution in [1.29, 1.82) is 0 Å². The second-order valence-corrected chi connectivity index (χ2v) is 5.38. The van der Waals surface area contributed by atoms with Gasteiger partial charge in [0.1, 0.15) is 18.2 Å². The van der Waals surface area contributed by atoms with Gasteiger partial charge in [-0.05, 0) is 24.1 Å². The van der Waals surface area contributed by atoms with E-state index in [1.807, 2.05) is 0 Å². The molecule has 0 aliphatic carbocycles. The Labute approximate surface area is 127 Å². The number of aromatic nitrogens is 1. The lowest BCUT2D eigenvalue weighted by Gasteiger charge is -2.33. The van der Waals surface area contributed by atoms with Crippen molar-refractivity contribution >= 4 is 5.91 Å². The monoisotopic (exact) mass is 304 g/mol. The molecule has 2 aromatic rings. The third-order valence-electron chi connectivity index (χ3n) is 3.80. The maximum absolute atomic E-state index is 13.4. The van der Waals surface area contributed by atoms with Gasteiger partial charge in [-0.3, -0.25) is 4.79 Å². The van der Waals surface area contributed by atoms with Gasteiger partial charge in [0.25, 0.3) is 0 Å². The molecule has 0 bridgehead atoms. The second kappa shape index (κ2) is 6.27. The van der Waals surface area contributed by atoms with Crippen LogP contribution in [0.25, 0.3) is 0 Å². The summed E-state index contributed by atoms with van der Waals surface area (Å²) in [7, 11) is 0. The summed E-state index contributed by atoms with van der Waals surface area (Å²) in [5.74, 6) is -0.250. The lowest BCUT2D eigenvalue weighted by Crippen LogP contribution is -2.43. The molecule has 1 aromatic carbocycles. The summed E-state index contributed by atoms with van der Waals surface area (Å²) in [6, 6.07) is 6.59. The zero-order valence-corrected chi connectivity index (χ0v) is 12.3. The summed E-state index contributed by atoms with van der Waals surface area (Å²) < 4.78 is 23.8. The molecular weight excluding hydrogens is 287 g/mol. The SMILES string of the molecule is Cc1cc(C2CN(C(=O)Cc3ccon3)CCO2)ccc1F. The Balaban J connectivity index is 1.68. The van der Waals surface area contributed by atoms with E-state index < -0.39 is 0 Å². The molecule has 2 heterocycles. The standard InChI is InChI=1S/C16H17FN2O3/c1-11-8-12(2-3-14(11)17)15-10-19(5-7-21-15)16(20)9-13-4-6-22-18-13/h2-4,6,8,15H,5,7,9-10H2,1H3. The average Bonchev–Trinajstić information content (AvgIpc) is 3.03. The highest BCUT2D eigenvalue weighted by atomic mass is 19.1. The van der Waals surface area contributed by atoms with Crippen LogP contribution in [0.3, 0.4) is 0 Å². The first kappa shape index (κ1) is 14.7. The first-order valence-electron chi connectivity index (χ1n) is 7.18. The van der Waals surface area contributed by atoms with Gasteiger partial charge in [-0.15, -0.1) is 0 Å². The molecule has 5 nitrogen and oxygen atoms in total. The molecule has 116 valence electrons. The molecule has 1 atom stereocenters. The fourth-order valence-corrected chi connectivity index (χ4v) is 2.54. The number of carbonyl (C=O) groups excluding carboxylic acids is 1. The number of morpholine rings is 1. The highest BCUT2D eigenvalue weighted by molar-refractivity contribution is 5.78. The number of ether oxygens (including phenoxy) is 1. The zero-order valence-electron chi connectivity index (χ0n) is 12.3. The number of carbonyl (C=O) groups is 1. The van der Waals surface area contributed by atoms with Gasteiger partial charge >= 0.3 is 0 Å². The van der Waals surface area contributed by atoms with Crippen LogP contribution in [0.2, 0.25) is 0 Å². The Morgan fingerprint density at radius 1 is 1.45 bits per heavy atom. The molecule has 1 aliphatic rings. The number of halogens is 1. The Morgan fingerprint density at radius 2 is 2.32 bits per heavy atom. The zero-order chi connectivity index (χ0) is 15.5. The normalized spacial score (nSPS) is 18.5. The number of hydrogen-bond donors (Lipinski definition) is 0. The molecule has 22 heavy (non-hydrogen) atoms. The topological polar surface area (TPSA) is 55.6 Å². The van der Waals surface area contributed by atoms with Gasteiger partial charge in [-0.25, -0.2) is 4.39 Å². The molecular formula is C16H17FN2O3. The van der Waals surface area contributed by atoms with E-state index in [9.17, 15) is 9.18 Å². The first-order valence-corrected chi connectivity index (χ1v) is 7.18. The molecule has 1 aromatic heterocycles. The molecule has 0 saturated carbocycles. The minimum atomic E-state index is -0.237. The molecule has 0 spiro atoms. The lowest BCUT2D eigenvalue weighted by atomic mass is 10.0. The second-order valence-electron chi connectivity index (χ2n) is 5.38. The van der Waals surface area contributed by atoms with E-state index in [0.29, 0.717) is 31.0 Å². The van der Waals surface area contributed by atoms with Crippen molar-refractivity contribution < 1.29 is 18.4 Å². The Bertz CT molecular complexity index is 657. The number of amides is 1. The van der Waals surface area contributed by atoms with Crippen LogP contribution in [-0.4, -0.2) is 35.7 Å². The summed E-state index contributed by atoms with van der Waals surface area (Å²) in [4.78, 5) is 14.0. The van der Waals surface area contributed by atoms with Crippen molar-refractivity contribution in [3.05, 3.63) is 53.2 Å². The van der Waals surface area contributed by atoms with Crippen molar-refractivity contribution in [3.8, 4) is 0 Å². The number of rotatable bonds is 3. The van der Waals surface area contributed by atoms with Crippen molar-refractivity contribution in [1.82, 2.24) is 10.1 Å². The Morgan fingerprint density at radius 3 is 3.05 bits per heavy atom. The van der Waals surface area contributed by atoms with Crippen LogP contribution in [0.4, 0.5) is 4.39 Å². The summed E-state index contributed by atoms with van der Waals surface area (Å²) in [5, 5.41) is 3.75. The molecule has 0 radical (unpaired) electrons. The number of hydrogen-bond acceptors (Lipinski definition) is 4. The molecule has 1 aliphatic heterocycles. The molecule has 1 unspecified atom stereocenters. The molecule has 1 saturated heterocycles. The fourth-order valence-electron chi connectivity index (χ4n) is 2.54. The minimum absolute atomic E-state index is 0.0129. The predicted molar refractivity (Wildman–Crippen MR) is 76.6 cm³/mol. The predicted octanol–water partition coefficient (Wildman–Crippen LogP) is 2.26. The van der Waals surface area contributed by atoms with Crippen LogP contribution in [-0.2, 0) is 16.0 Å². The highest BCUT2D eigenvalue weighted by Gasteiger charge is 2.26. The average molecular weight is 304 g/mol. The van der Waals surface area contributed by atoms with E-state index in [0.717, 1.165) is 5.56 Å². The van der Waals surface area contributed by atoms with Crippen LogP contribution < -0.4 is 0 Å². The Hall–Kier alpha value is -2.21. The van der Waals surface area contributed by atoms with Gasteiger partial charge in [-0.2, -0.15) is 0 Å². The van der Waals surface area contributed by atoms with E-state index >= 15 is 0 Å².